The van der Waals surface area contributed by atoms with E-state index in [2.05, 4.69) is 15.1 Å². The molecule has 0 fully saturated rings. The first-order valence-electron chi connectivity index (χ1n) is 8.21. The molecule has 0 radical (unpaired) electrons. The van der Waals surface area contributed by atoms with Crippen molar-refractivity contribution in [1.82, 2.24) is 19.7 Å². The van der Waals surface area contributed by atoms with Crippen LogP contribution in [0.1, 0.15) is 35.0 Å². The lowest BCUT2D eigenvalue weighted by Crippen LogP contribution is -2.16. The van der Waals surface area contributed by atoms with Gasteiger partial charge in [0.1, 0.15) is 5.69 Å². The van der Waals surface area contributed by atoms with Gasteiger partial charge < -0.3 is 9.47 Å². The monoisotopic (exact) mass is 354 g/mol. The lowest BCUT2D eigenvalue weighted by atomic mass is 10.1. The number of ether oxygens (including phenoxy) is 2. The van der Waals surface area contributed by atoms with Crippen molar-refractivity contribution in [3.8, 4) is 11.3 Å². The average molecular weight is 354 g/mol. The number of hydrogen-bond acceptors (Lipinski definition) is 7. The van der Waals surface area contributed by atoms with E-state index in [0.29, 0.717) is 16.7 Å². The smallest absolute Gasteiger partial charge is 0.376 e. The van der Waals surface area contributed by atoms with E-state index in [0.717, 1.165) is 5.56 Å². The van der Waals surface area contributed by atoms with Crippen LogP contribution in [0.3, 0.4) is 0 Å². The SMILES string of the molecule is CCOC(=O)c1nc(C(=O)OCC)c2c(-c3ccccc3)nn(C)c2n1. The first-order valence-corrected chi connectivity index (χ1v) is 8.21. The zero-order valence-corrected chi connectivity index (χ0v) is 14.7. The molecule has 0 aliphatic carbocycles. The largest absolute Gasteiger partial charge is 0.461 e. The maximum atomic E-state index is 12.5. The molecule has 0 bridgehead atoms. The Hall–Kier alpha value is -3.29. The number of rotatable bonds is 5. The van der Waals surface area contributed by atoms with Gasteiger partial charge in [-0.3, -0.25) is 0 Å². The number of carbonyl (C=O) groups is 2. The van der Waals surface area contributed by atoms with Crippen molar-refractivity contribution >= 4 is 23.0 Å². The summed E-state index contributed by atoms with van der Waals surface area (Å²) in [5.74, 6) is -1.55. The Balaban J connectivity index is 2.29. The van der Waals surface area contributed by atoms with Crippen molar-refractivity contribution in [2.45, 2.75) is 13.8 Å². The fourth-order valence-electron chi connectivity index (χ4n) is 2.58. The molecule has 0 atom stereocenters. The van der Waals surface area contributed by atoms with Crippen LogP contribution < -0.4 is 0 Å². The highest BCUT2D eigenvalue weighted by Gasteiger charge is 2.26. The van der Waals surface area contributed by atoms with Gasteiger partial charge in [0.2, 0.25) is 5.82 Å². The van der Waals surface area contributed by atoms with Gasteiger partial charge in [-0.05, 0) is 13.8 Å². The van der Waals surface area contributed by atoms with E-state index in [9.17, 15) is 9.59 Å². The van der Waals surface area contributed by atoms with E-state index in [4.69, 9.17) is 9.47 Å². The molecule has 0 saturated heterocycles. The maximum Gasteiger partial charge on any atom is 0.376 e. The molecule has 0 aliphatic heterocycles. The highest BCUT2D eigenvalue weighted by molar-refractivity contribution is 6.07. The molecule has 8 nitrogen and oxygen atoms in total. The molecule has 0 saturated carbocycles. The minimum Gasteiger partial charge on any atom is -0.461 e. The topological polar surface area (TPSA) is 96.2 Å². The average Bonchev–Trinajstić information content (AvgIpc) is 2.99. The molecule has 0 amide bonds. The summed E-state index contributed by atoms with van der Waals surface area (Å²) in [6, 6.07) is 9.36. The quantitative estimate of drug-likeness (QED) is 0.649. The Kier molecular flexibility index (Phi) is 4.92. The summed E-state index contributed by atoms with van der Waals surface area (Å²) in [5, 5.41) is 4.90. The number of nitrogens with zero attached hydrogens (tertiary/aromatic N) is 4. The summed E-state index contributed by atoms with van der Waals surface area (Å²) in [6.45, 7) is 3.74. The van der Waals surface area contributed by atoms with E-state index < -0.39 is 11.9 Å². The van der Waals surface area contributed by atoms with Crippen molar-refractivity contribution in [3.63, 3.8) is 0 Å². The lowest BCUT2D eigenvalue weighted by Gasteiger charge is -2.07. The molecular weight excluding hydrogens is 336 g/mol. The maximum absolute atomic E-state index is 12.5. The van der Waals surface area contributed by atoms with Crippen molar-refractivity contribution in [3.05, 3.63) is 41.9 Å². The summed E-state index contributed by atoms with van der Waals surface area (Å²) in [6.07, 6.45) is 0. The molecular formula is C18H18N4O4. The molecule has 1 aromatic carbocycles. The summed E-state index contributed by atoms with van der Waals surface area (Å²) in [7, 11) is 1.69. The molecule has 2 heterocycles. The first-order chi connectivity index (χ1) is 12.6. The molecule has 134 valence electrons. The first kappa shape index (κ1) is 17.5. The van der Waals surface area contributed by atoms with Crippen LogP contribution in [-0.4, -0.2) is 44.9 Å². The van der Waals surface area contributed by atoms with Gasteiger partial charge in [0.05, 0.1) is 18.6 Å². The molecule has 0 unspecified atom stereocenters. The van der Waals surface area contributed by atoms with Crippen LogP contribution in [0.4, 0.5) is 0 Å². The Morgan fingerprint density at radius 1 is 1.00 bits per heavy atom. The Morgan fingerprint density at radius 2 is 1.65 bits per heavy atom. The fraction of sp³-hybridized carbons (Fsp3) is 0.278. The Morgan fingerprint density at radius 3 is 2.31 bits per heavy atom. The molecule has 3 aromatic rings. The Bertz CT molecular complexity index is 966. The van der Waals surface area contributed by atoms with Crippen LogP contribution >= 0.6 is 0 Å². The second-order valence-corrected chi connectivity index (χ2v) is 5.37. The number of aromatic nitrogens is 4. The van der Waals surface area contributed by atoms with Crippen LogP contribution in [0.25, 0.3) is 22.3 Å². The van der Waals surface area contributed by atoms with Crippen LogP contribution in [0, 0.1) is 0 Å². The van der Waals surface area contributed by atoms with Gasteiger partial charge in [0.15, 0.2) is 11.3 Å². The number of carbonyl (C=O) groups excluding carboxylic acids is 2. The normalized spacial score (nSPS) is 10.7. The van der Waals surface area contributed by atoms with Gasteiger partial charge in [-0.1, -0.05) is 30.3 Å². The second-order valence-electron chi connectivity index (χ2n) is 5.37. The Labute approximate surface area is 149 Å². The van der Waals surface area contributed by atoms with Crippen molar-refractivity contribution in [2.24, 2.45) is 7.05 Å². The van der Waals surface area contributed by atoms with Gasteiger partial charge in [-0.15, -0.1) is 0 Å². The number of fused-ring (bicyclic) bond motifs is 1. The van der Waals surface area contributed by atoms with Crippen LogP contribution in [0.2, 0.25) is 0 Å². The number of esters is 2. The van der Waals surface area contributed by atoms with Gasteiger partial charge in [0, 0.05) is 12.6 Å². The lowest BCUT2D eigenvalue weighted by molar-refractivity contribution is 0.0507. The summed E-state index contributed by atoms with van der Waals surface area (Å²) < 4.78 is 11.6. The van der Waals surface area contributed by atoms with Gasteiger partial charge in [-0.2, -0.15) is 5.10 Å². The fourth-order valence-corrected chi connectivity index (χ4v) is 2.58. The van der Waals surface area contributed by atoms with Gasteiger partial charge in [0.25, 0.3) is 0 Å². The minimum absolute atomic E-state index is 0.00754. The predicted octanol–water partition coefficient (Wildman–Crippen LogP) is 2.38. The molecule has 26 heavy (non-hydrogen) atoms. The van der Waals surface area contributed by atoms with Crippen molar-refractivity contribution in [1.29, 1.82) is 0 Å². The zero-order valence-electron chi connectivity index (χ0n) is 14.7. The van der Waals surface area contributed by atoms with E-state index in [1.807, 2.05) is 30.3 Å². The summed E-state index contributed by atoms with van der Waals surface area (Å²) >= 11 is 0. The van der Waals surface area contributed by atoms with E-state index >= 15 is 0 Å². The van der Waals surface area contributed by atoms with E-state index in [1.54, 1.807) is 20.9 Å². The number of aryl methyl sites for hydroxylation is 1. The molecule has 2 aromatic heterocycles. The number of hydrogen-bond donors (Lipinski definition) is 0. The molecule has 0 aliphatic rings. The number of benzene rings is 1. The van der Waals surface area contributed by atoms with Crippen molar-refractivity contribution < 1.29 is 19.1 Å². The van der Waals surface area contributed by atoms with Crippen LogP contribution in [0.15, 0.2) is 30.3 Å². The summed E-state index contributed by atoms with van der Waals surface area (Å²) in [4.78, 5) is 32.9. The van der Waals surface area contributed by atoms with Gasteiger partial charge >= 0.3 is 11.9 Å². The van der Waals surface area contributed by atoms with Gasteiger partial charge in [-0.25, -0.2) is 24.2 Å². The third kappa shape index (κ3) is 3.13. The molecule has 8 heteroatoms. The molecule has 0 N–H and O–H groups in total. The van der Waals surface area contributed by atoms with Crippen molar-refractivity contribution in [2.75, 3.05) is 13.2 Å². The minimum atomic E-state index is -0.706. The third-order valence-corrected chi connectivity index (χ3v) is 3.66. The molecule has 0 spiro atoms. The predicted molar refractivity (Wildman–Crippen MR) is 93.7 cm³/mol. The van der Waals surface area contributed by atoms with E-state index in [1.165, 1.54) is 4.68 Å². The standard InChI is InChI=1S/C18H18N4O4/c1-4-25-17(23)14-12-13(11-9-7-6-8-10-11)21-22(3)16(12)20-15(19-14)18(24)26-5-2/h6-10H,4-5H2,1-3H3. The summed E-state index contributed by atoms with van der Waals surface area (Å²) in [5.41, 5.74) is 1.69. The highest BCUT2D eigenvalue weighted by Crippen LogP contribution is 2.29. The highest BCUT2D eigenvalue weighted by atomic mass is 16.5. The third-order valence-electron chi connectivity index (χ3n) is 3.66. The van der Waals surface area contributed by atoms with E-state index in [-0.39, 0.29) is 24.7 Å². The zero-order chi connectivity index (χ0) is 18.7. The second kappa shape index (κ2) is 7.30. The molecule has 3 rings (SSSR count). The van der Waals surface area contributed by atoms with Crippen LogP contribution in [-0.2, 0) is 16.5 Å². The van der Waals surface area contributed by atoms with Crippen LogP contribution in [0.5, 0.6) is 0 Å².